The number of hydrogen-bond donors (Lipinski definition) is 2. The Labute approximate surface area is 114 Å². The molecule has 0 spiro atoms. The topological polar surface area (TPSA) is 69.6 Å². The number of urea groups is 1. The van der Waals surface area contributed by atoms with Crippen LogP contribution in [0.2, 0.25) is 0 Å². The molecule has 1 aliphatic carbocycles. The van der Waals surface area contributed by atoms with Gasteiger partial charge in [0.2, 0.25) is 0 Å². The van der Waals surface area contributed by atoms with Gasteiger partial charge in [-0.25, -0.2) is 4.79 Å². The maximum Gasteiger partial charge on any atom is 0.317 e. The molecule has 2 aliphatic rings. The van der Waals surface area contributed by atoms with Crippen LogP contribution in [0.25, 0.3) is 0 Å². The molecule has 5 nitrogen and oxygen atoms in total. The Morgan fingerprint density at radius 1 is 1.16 bits per heavy atom. The van der Waals surface area contributed by atoms with E-state index in [-0.39, 0.29) is 6.03 Å². The normalized spacial score (nSPS) is 24.4. The fraction of sp³-hybridized carbons (Fsp3) is 0.857. The van der Waals surface area contributed by atoms with Crippen molar-refractivity contribution < 1.29 is 14.7 Å². The second-order valence-corrected chi connectivity index (χ2v) is 5.79. The smallest absolute Gasteiger partial charge is 0.317 e. The van der Waals surface area contributed by atoms with Gasteiger partial charge in [-0.3, -0.25) is 4.79 Å². The molecule has 2 rings (SSSR count). The van der Waals surface area contributed by atoms with Crippen LogP contribution in [-0.2, 0) is 4.79 Å². The van der Waals surface area contributed by atoms with Crippen molar-refractivity contribution in [3.8, 4) is 0 Å². The molecule has 1 heterocycles. The Balaban J connectivity index is 1.68. The Hall–Kier alpha value is -1.26. The van der Waals surface area contributed by atoms with Crippen LogP contribution < -0.4 is 5.32 Å². The van der Waals surface area contributed by atoms with Gasteiger partial charge < -0.3 is 15.3 Å². The highest BCUT2D eigenvalue weighted by Crippen LogP contribution is 2.26. The monoisotopic (exact) mass is 268 g/mol. The summed E-state index contributed by atoms with van der Waals surface area (Å²) < 4.78 is 0. The van der Waals surface area contributed by atoms with Crippen LogP contribution in [-0.4, -0.2) is 41.6 Å². The Morgan fingerprint density at radius 2 is 1.89 bits per heavy atom. The van der Waals surface area contributed by atoms with Gasteiger partial charge in [0.15, 0.2) is 0 Å². The molecule has 1 saturated carbocycles. The molecule has 2 fully saturated rings. The van der Waals surface area contributed by atoms with E-state index >= 15 is 0 Å². The number of aliphatic carboxylic acids is 1. The number of nitrogens with one attached hydrogen (secondary N) is 1. The number of amides is 2. The lowest BCUT2D eigenvalue weighted by atomic mass is 9.99. The number of hydrogen-bond acceptors (Lipinski definition) is 2. The summed E-state index contributed by atoms with van der Waals surface area (Å²) in [6.07, 6.45) is 7.76. The predicted octanol–water partition coefficient (Wildman–Crippen LogP) is 2.07. The summed E-state index contributed by atoms with van der Waals surface area (Å²) in [7, 11) is 0. The Bertz CT molecular complexity index is 327. The molecule has 1 atom stereocenters. The van der Waals surface area contributed by atoms with Gasteiger partial charge in [-0.2, -0.15) is 0 Å². The van der Waals surface area contributed by atoms with Crippen molar-refractivity contribution in [2.45, 2.75) is 44.9 Å². The quantitative estimate of drug-likeness (QED) is 0.820. The minimum absolute atomic E-state index is 0.0936. The molecule has 1 aliphatic heterocycles. The number of nitrogens with zero attached hydrogens (tertiary/aromatic N) is 1. The van der Waals surface area contributed by atoms with E-state index < -0.39 is 11.9 Å². The lowest BCUT2D eigenvalue weighted by Crippen LogP contribution is -2.47. The molecule has 5 heteroatoms. The summed E-state index contributed by atoms with van der Waals surface area (Å²) in [5, 5.41) is 11.9. The standard InChI is InChI=1S/C14H24N2O3/c17-13(18)12-6-3-9-16(10-12)14(19)15-8-7-11-4-1-2-5-11/h11-12H,1-10H2,(H,15,19)(H,17,18). The predicted molar refractivity (Wildman–Crippen MR) is 71.9 cm³/mol. The summed E-state index contributed by atoms with van der Waals surface area (Å²) in [4.78, 5) is 24.6. The number of carbonyl (C=O) groups excluding carboxylic acids is 1. The lowest BCUT2D eigenvalue weighted by Gasteiger charge is -2.30. The molecule has 0 aromatic carbocycles. The fourth-order valence-corrected chi connectivity index (χ4v) is 3.16. The van der Waals surface area contributed by atoms with Crippen LogP contribution in [0.4, 0.5) is 4.79 Å². The lowest BCUT2D eigenvalue weighted by molar-refractivity contribution is -0.143. The van der Waals surface area contributed by atoms with Crippen molar-refractivity contribution in [2.24, 2.45) is 11.8 Å². The molecule has 1 unspecified atom stereocenters. The first-order valence-corrected chi connectivity index (χ1v) is 7.42. The highest BCUT2D eigenvalue weighted by molar-refractivity contribution is 5.76. The third-order valence-electron chi connectivity index (χ3n) is 4.36. The second-order valence-electron chi connectivity index (χ2n) is 5.79. The Morgan fingerprint density at radius 3 is 2.58 bits per heavy atom. The molecule has 2 amide bonds. The third-order valence-corrected chi connectivity index (χ3v) is 4.36. The van der Waals surface area contributed by atoms with Crippen molar-refractivity contribution in [1.82, 2.24) is 10.2 Å². The van der Waals surface area contributed by atoms with Crippen LogP contribution in [0.3, 0.4) is 0 Å². The summed E-state index contributed by atoms with van der Waals surface area (Å²) in [6, 6.07) is -0.0936. The molecule has 19 heavy (non-hydrogen) atoms. The molecule has 1 saturated heterocycles. The zero-order valence-electron chi connectivity index (χ0n) is 11.4. The van der Waals surface area contributed by atoms with E-state index in [0.717, 1.165) is 25.3 Å². The van der Waals surface area contributed by atoms with Crippen LogP contribution in [0.5, 0.6) is 0 Å². The van der Waals surface area contributed by atoms with Crippen LogP contribution in [0, 0.1) is 11.8 Å². The van der Waals surface area contributed by atoms with E-state index in [1.165, 1.54) is 25.7 Å². The maximum absolute atomic E-state index is 12.0. The Kier molecular flexibility index (Phi) is 5.05. The van der Waals surface area contributed by atoms with Gasteiger partial charge in [0.05, 0.1) is 5.92 Å². The van der Waals surface area contributed by atoms with Crippen LogP contribution >= 0.6 is 0 Å². The highest BCUT2D eigenvalue weighted by atomic mass is 16.4. The highest BCUT2D eigenvalue weighted by Gasteiger charge is 2.28. The molecule has 0 aromatic heterocycles. The average Bonchev–Trinajstić information content (AvgIpc) is 2.92. The first-order valence-electron chi connectivity index (χ1n) is 7.42. The molecular formula is C14H24N2O3. The van der Waals surface area contributed by atoms with Crippen molar-refractivity contribution in [2.75, 3.05) is 19.6 Å². The number of rotatable bonds is 4. The summed E-state index contributed by atoms with van der Waals surface area (Å²) >= 11 is 0. The number of carboxylic acids is 1. The van der Waals surface area contributed by atoms with Gasteiger partial charge in [0, 0.05) is 19.6 Å². The van der Waals surface area contributed by atoms with Gasteiger partial charge in [0.25, 0.3) is 0 Å². The minimum Gasteiger partial charge on any atom is -0.481 e. The van der Waals surface area contributed by atoms with Crippen LogP contribution in [0.1, 0.15) is 44.9 Å². The average molecular weight is 268 g/mol. The maximum atomic E-state index is 12.0. The van der Waals surface area contributed by atoms with Gasteiger partial charge in [-0.05, 0) is 25.2 Å². The van der Waals surface area contributed by atoms with E-state index in [0.29, 0.717) is 19.5 Å². The van der Waals surface area contributed by atoms with E-state index in [4.69, 9.17) is 5.11 Å². The van der Waals surface area contributed by atoms with Crippen molar-refractivity contribution in [3.05, 3.63) is 0 Å². The van der Waals surface area contributed by atoms with E-state index in [1.54, 1.807) is 4.90 Å². The fourth-order valence-electron chi connectivity index (χ4n) is 3.16. The van der Waals surface area contributed by atoms with Gasteiger partial charge >= 0.3 is 12.0 Å². The summed E-state index contributed by atoms with van der Waals surface area (Å²) in [5.74, 6) is -0.411. The SMILES string of the molecule is O=C(O)C1CCCN(C(=O)NCCC2CCCC2)C1. The van der Waals surface area contributed by atoms with Crippen LogP contribution in [0.15, 0.2) is 0 Å². The first kappa shape index (κ1) is 14.2. The summed E-state index contributed by atoms with van der Waals surface area (Å²) in [5.41, 5.74) is 0. The number of likely N-dealkylation sites (tertiary alicyclic amines) is 1. The molecular weight excluding hydrogens is 244 g/mol. The molecule has 108 valence electrons. The van der Waals surface area contributed by atoms with E-state index in [2.05, 4.69) is 5.32 Å². The molecule has 0 aromatic rings. The third kappa shape index (κ3) is 4.11. The van der Waals surface area contributed by atoms with Crippen molar-refractivity contribution in [1.29, 1.82) is 0 Å². The molecule has 0 bridgehead atoms. The van der Waals surface area contributed by atoms with Gasteiger partial charge in [0.1, 0.15) is 0 Å². The molecule has 2 N–H and O–H groups in total. The first-order chi connectivity index (χ1) is 9.16. The second kappa shape index (κ2) is 6.78. The van der Waals surface area contributed by atoms with Gasteiger partial charge in [-0.15, -0.1) is 0 Å². The zero-order valence-corrected chi connectivity index (χ0v) is 11.4. The van der Waals surface area contributed by atoms with Gasteiger partial charge in [-0.1, -0.05) is 25.7 Å². The van der Waals surface area contributed by atoms with E-state index in [9.17, 15) is 9.59 Å². The van der Waals surface area contributed by atoms with Crippen molar-refractivity contribution >= 4 is 12.0 Å². The van der Waals surface area contributed by atoms with Crippen molar-refractivity contribution in [3.63, 3.8) is 0 Å². The molecule has 0 radical (unpaired) electrons. The largest absolute Gasteiger partial charge is 0.481 e. The summed E-state index contributed by atoms with van der Waals surface area (Å²) in [6.45, 7) is 1.75. The van der Waals surface area contributed by atoms with E-state index in [1.807, 2.05) is 0 Å². The number of carbonyl (C=O) groups is 2. The number of piperidine rings is 1. The zero-order chi connectivity index (χ0) is 13.7. The minimum atomic E-state index is -0.788. The number of carboxylic acid groups (broad SMARTS) is 1.